The molecule has 5 aliphatic rings. The molecule has 5 aliphatic heterocycles. The number of piperazine rings is 1. The number of methoxy groups -OCH3 is 1. The number of halogens is 2. The third kappa shape index (κ3) is 9.26. The van der Waals surface area contributed by atoms with E-state index in [4.69, 9.17) is 35.3 Å². The molecule has 4 amide bonds. The highest BCUT2D eigenvalue weighted by Crippen LogP contribution is 2.51. The largest absolute Gasteiger partial charge is 0.468 e. The van der Waals surface area contributed by atoms with Crippen molar-refractivity contribution in [2.24, 2.45) is 12.5 Å². The van der Waals surface area contributed by atoms with Crippen molar-refractivity contribution in [3.63, 3.8) is 0 Å². The van der Waals surface area contributed by atoms with Crippen LogP contribution in [0.3, 0.4) is 0 Å². The Balaban J connectivity index is 0.826. The van der Waals surface area contributed by atoms with Crippen LogP contribution in [0.25, 0.3) is 44.0 Å². The number of imide groups is 1. The van der Waals surface area contributed by atoms with Gasteiger partial charge < -0.3 is 34.3 Å². The van der Waals surface area contributed by atoms with E-state index in [2.05, 4.69) is 26.4 Å². The van der Waals surface area contributed by atoms with Crippen molar-refractivity contribution in [3.8, 4) is 35.4 Å². The number of nitrogens with one attached hydrogen (secondary N) is 2. The van der Waals surface area contributed by atoms with Crippen LogP contribution in [0.2, 0.25) is 0 Å². The van der Waals surface area contributed by atoms with Gasteiger partial charge in [0.05, 0.1) is 39.1 Å². The van der Waals surface area contributed by atoms with E-state index in [1.54, 1.807) is 24.1 Å². The van der Waals surface area contributed by atoms with Crippen molar-refractivity contribution in [3.05, 3.63) is 81.9 Å². The second-order valence-corrected chi connectivity index (χ2v) is 22.8. The monoisotopic (exact) mass is 1100 g/mol. The first kappa shape index (κ1) is 54.1. The Labute approximate surface area is 459 Å². The number of para-hydroxylation sites is 1. The zero-order valence-electron chi connectivity index (χ0n) is 45.4. The van der Waals surface area contributed by atoms with Crippen LogP contribution in [0, 0.1) is 29.4 Å². The number of ether oxygens (including phenoxy) is 4. The van der Waals surface area contributed by atoms with Crippen molar-refractivity contribution in [1.82, 2.24) is 44.5 Å². The van der Waals surface area contributed by atoms with Gasteiger partial charge in [-0.05, 0) is 105 Å². The number of pyridine rings is 1. The number of carboxylic acid groups (broad SMARTS) is 1. The molecule has 6 aromatic rings. The predicted octanol–water partition coefficient (Wildman–Crippen LogP) is 7.20. The van der Waals surface area contributed by atoms with Gasteiger partial charge in [-0.3, -0.25) is 38.8 Å². The average Bonchev–Trinajstić information content (AvgIpc) is 3.16. The molecule has 420 valence electrons. The molecule has 5 atom stereocenters. The lowest BCUT2D eigenvalue weighted by atomic mass is 9.71. The minimum Gasteiger partial charge on any atom is -0.468 e. The number of benzene rings is 3. The van der Waals surface area contributed by atoms with Gasteiger partial charge in [0.2, 0.25) is 11.8 Å². The zero-order valence-corrected chi connectivity index (χ0v) is 45.4. The second-order valence-electron chi connectivity index (χ2n) is 22.8. The highest BCUT2D eigenvalue weighted by Gasteiger charge is 2.60. The molecule has 5 saturated heterocycles. The van der Waals surface area contributed by atoms with Gasteiger partial charge in [-0.25, -0.2) is 23.2 Å². The summed E-state index contributed by atoms with van der Waals surface area (Å²) < 4.78 is 59.6. The molecule has 80 heavy (non-hydrogen) atoms. The molecule has 0 aliphatic carbocycles. The Morgan fingerprint density at radius 1 is 1.04 bits per heavy atom. The van der Waals surface area contributed by atoms with E-state index < -0.39 is 52.3 Å². The van der Waals surface area contributed by atoms with E-state index in [0.29, 0.717) is 60.2 Å². The van der Waals surface area contributed by atoms with Crippen molar-refractivity contribution in [2.75, 3.05) is 58.2 Å². The lowest BCUT2D eigenvalue weighted by Gasteiger charge is -2.54. The summed E-state index contributed by atoms with van der Waals surface area (Å²) in [7, 11) is 3.12. The number of carbonyl (C=O) groups is 4. The fourth-order valence-corrected chi connectivity index (χ4v) is 13.5. The van der Waals surface area contributed by atoms with E-state index in [9.17, 15) is 29.1 Å². The van der Waals surface area contributed by atoms with Crippen LogP contribution in [-0.2, 0) is 32.5 Å². The molecule has 0 saturated carbocycles. The summed E-state index contributed by atoms with van der Waals surface area (Å²) in [6.07, 6.45) is 11.6. The van der Waals surface area contributed by atoms with Gasteiger partial charge in [-0.1, -0.05) is 44.9 Å². The van der Waals surface area contributed by atoms with Crippen molar-refractivity contribution in [1.29, 1.82) is 0 Å². The number of alkyl carbamates (subject to hydrolysis) is 1. The Morgan fingerprint density at radius 3 is 2.62 bits per heavy atom. The molecule has 0 radical (unpaired) electrons. The summed E-state index contributed by atoms with van der Waals surface area (Å²) in [6, 6.07) is 10.1. The maximum absolute atomic E-state index is 17.8. The molecule has 3 N–H and O–H groups in total. The Bertz CT molecular complexity index is 3610. The number of anilines is 1. The quantitative estimate of drug-likeness (QED) is 0.0400. The number of amides is 4. The number of hydrogen-bond donors (Lipinski definition) is 3. The van der Waals surface area contributed by atoms with Crippen LogP contribution in [0.5, 0.6) is 11.8 Å². The number of hydrogen-bond acceptors (Lipinski definition) is 14. The number of rotatable bonds is 15. The van der Waals surface area contributed by atoms with Crippen LogP contribution in [0.4, 0.5) is 24.2 Å². The average molecular weight is 1100 g/mol. The first-order chi connectivity index (χ1) is 38.4. The van der Waals surface area contributed by atoms with Crippen LogP contribution >= 0.6 is 0 Å². The third-order valence-electron chi connectivity index (χ3n) is 17.4. The smallest absolute Gasteiger partial charge is 0.408 e. The van der Waals surface area contributed by atoms with Crippen molar-refractivity contribution >= 4 is 62.5 Å². The third-order valence-corrected chi connectivity index (χ3v) is 17.4. The molecule has 3 aromatic heterocycles. The maximum atomic E-state index is 17.8. The van der Waals surface area contributed by atoms with Crippen molar-refractivity contribution in [2.45, 2.75) is 114 Å². The van der Waals surface area contributed by atoms with E-state index >= 15 is 8.78 Å². The predicted molar refractivity (Wildman–Crippen MR) is 291 cm³/mol. The summed E-state index contributed by atoms with van der Waals surface area (Å²) in [5.41, 5.74) is -0.158. The van der Waals surface area contributed by atoms with Gasteiger partial charge >= 0.3 is 23.9 Å². The van der Waals surface area contributed by atoms with Gasteiger partial charge in [-0.15, -0.1) is 6.42 Å². The first-order valence-electron chi connectivity index (χ1n) is 27.2. The first-order valence-corrected chi connectivity index (χ1v) is 27.2. The Morgan fingerprint density at radius 2 is 1.86 bits per heavy atom. The normalized spacial score (nSPS) is 22.9. The Hall–Kier alpha value is -7.90. The summed E-state index contributed by atoms with van der Waals surface area (Å²) >= 11 is 0. The summed E-state index contributed by atoms with van der Waals surface area (Å²) in [6.45, 7) is 7.83. The van der Waals surface area contributed by atoms with Gasteiger partial charge in [0.25, 0.3) is 0 Å². The topological polar surface area (TPSA) is 225 Å². The number of aryl methyl sites for hydroxylation is 2. The van der Waals surface area contributed by atoms with Crippen LogP contribution < -0.4 is 30.7 Å². The SMILES string of the molecule is C#Cc1c(F)ccc2cc(OCOC)cc(-c3ncc4c(N5CC6CCC(C(C)(C)C)(C5)N6C(=O)O)nc(OC[C@@]56CCCN5[C@H](COC(=O)NCCCc5cccc7c5n(C)c(=O)n7C5CCC(=O)NC5=O)CC6)nc4c3F)c12. The molecule has 8 heterocycles. The molecular formula is C58H64F2N10O10. The molecule has 2 bridgehead atoms. The van der Waals surface area contributed by atoms with Crippen LogP contribution in [-0.4, -0.2) is 139 Å². The van der Waals surface area contributed by atoms with Gasteiger partial charge in [0.15, 0.2) is 12.6 Å². The number of terminal acetylenes is 1. The fraction of sp³-hybridized carbons (Fsp3) is 0.483. The molecular weight excluding hydrogens is 1030 g/mol. The number of carbonyl (C=O) groups excluding carboxylic acids is 3. The van der Waals surface area contributed by atoms with Crippen LogP contribution in [0.15, 0.2) is 53.5 Å². The zero-order chi connectivity index (χ0) is 56.4. The minimum absolute atomic E-state index is 0.0794. The molecule has 20 nitrogen and oxygen atoms in total. The summed E-state index contributed by atoms with van der Waals surface area (Å²) in [4.78, 5) is 84.4. The molecule has 3 aromatic carbocycles. The molecule has 11 rings (SSSR count). The number of fused-ring (bicyclic) bond motifs is 6. The number of aromatic nitrogens is 5. The van der Waals surface area contributed by atoms with Crippen LogP contribution in [0.1, 0.15) is 95.7 Å². The molecule has 22 heteroatoms. The van der Waals surface area contributed by atoms with Gasteiger partial charge in [-0.2, -0.15) is 9.97 Å². The van der Waals surface area contributed by atoms with Crippen molar-refractivity contribution < 1.29 is 52.0 Å². The highest BCUT2D eigenvalue weighted by atomic mass is 19.1. The van der Waals surface area contributed by atoms with E-state index in [-0.39, 0.29) is 109 Å². The lowest BCUT2D eigenvalue weighted by molar-refractivity contribution is -0.135. The van der Waals surface area contributed by atoms with E-state index in [1.165, 1.54) is 40.6 Å². The molecule has 3 unspecified atom stereocenters. The van der Waals surface area contributed by atoms with Gasteiger partial charge in [0, 0.05) is 63.4 Å². The molecule has 0 spiro atoms. The lowest BCUT2D eigenvalue weighted by Crippen LogP contribution is -2.68. The number of imidazole rings is 1. The van der Waals surface area contributed by atoms with E-state index in [0.717, 1.165) is 37.8 Å². The standard InChI is InChI=1S/C58H64F2N10O10/c1-7-38-41(59)15-14-34-25-37(80-32-77-6)26-39(45(34)38)47-46(60)48-40(27-62-47)50(67-28-35-19-22-58(30-67,56(2,3)4)70(35)55(75)76)65-52(64-48)79-31-57-20-10-24-68(57)36(18-21-57)29-78-53(73)61-23-9-12-33-11-8-13-42-49(33)66(5)54(74)69(42)43-16-17-44(71)63-51(43)72/h1,8,11,13-15,25-27,35-36,43H,9-10,12,16-24,28-32H2,2-6H3,(H,61,73)(H,75,76)(H,63,71,72)/t35?,36-,43?,57-,58?/m0/s1. The number of nitrogens with zero attached hydrogens (tertiary/aromatic N) is 8. The Kier molecular flexibility index (Phi) is 14.2. The number of piperidine rings is 1. The second kappa shape index (κ2) is 21.0. The maximum Gasteiger partial charge on any atom is 0.408 e. The highest BCUT2D eigenvalue weighted by molar-refractivity contribution is 6.03. The summed E-state index contributed by atoms with van der Waals surface area (Å²) in [5.74, 6) is 0.706. The van der Waals surface area contributed by atoms with Gasteiger partial charge in [0.1, 0.15) is 47.9 Å². The molecule has 5 fully saturated rings. The van der Waals surface area contributed by atoms with E-state index in [1.807, 2.05) is 37.8 Å². The summed E-state index contributed by atoms with van der Waals surface area (Å²) in [5, 5.41) is 16.8. The fourth-order valence-electron chi connectivity index (χ4n) is 13.5. The minimum atomic E-state index is -0.997.